The van der Waals surface area contributed by atoms with E-state index in [1.807, 2.05) is 25.1 Å². The van der Waals surface area contributed by atoms with Gasteiger partial charge >= 0.3 is 0 Å². The molecule has 0 aliphatic carbocycles. The Morgan fingerprint density at radius 1 is 1.17 bits per heavy atom. The minimum atomic E-state index is -3.34. The molecule has 0 saturated heterocycles. The topological polar surface area (TPSA) is 94.2 Å². The number of carbonyl (C=O) groups excluding carboxylic acids is 1. The van der Waals surface area contributed by atoms with E-state index in [2.05, 4.69) is 5.32 Å². The quantitative estimate of drug-likeness (QED) is 0.704. The van der Waals surface area contributed by atoms with Gasteiger partial charge < -0.3 is 19.5 Å². The number of carbonyl (C=O) groups is 1. The van der Waals surface area contributed by atoms with Gasteiger partial charge in [-0.15, -0.1) is 0 Å². The molecule has 1 aliphatic heterocycles. The molecule has 0 fully saturated rings. The Labute approximate surface area is 170 Å². The Kier molecular flexibility index (Phi) is 6.17. The highest BCUT2D eigenvalue weighted by atomic mass is 32.2. The summed E-state index contributed by atoms with van der Waals surface area (Å²) in [4.78, 5) is 12.5. The molecule has 0 aromatic heterocycles. The molecule has 1 amide bonds. The van der Waals surface area contributed by atoms with Gasteiger partial charge in [-0.25, -0.2) is 8.42 Å². The SMILES string of the molecule is CC[C@@H](Oc1ccc(N(C)S(C)(=O)=O)cc1)C(=O)NCc1ccc2c(c1)OCO2. The van der Waals surface area contributed by atoms with Crippen LogP contribution in [-0.4, -0.2) is 40.5 Å². The molecule has 8 nitrogen and oxygen atoms in total. The summed E-state index contributed by atoms with van der Waals surface area (Å²) in [6.45, 7) is 2.40. The van der Waals surface area contributed by atoms with Crippen molar-refractivity contribution in [1.29, 1.82) is 0 Å². The second-order valence-corrected chi connectivity index (χ2v) is 8.66. The van der Waals surface area contributed by atoms with Crippen molar-refractivity contribution in [3.05, 3.63) is 48.0 Å². The van der Waals surface area contributed by atoms with Crippen LogP contribution in [0, 0.1) is 0 Å². The van der Waals surface area contributed by atoms with E-state index < -0.39 is 16.1 Å². The fraction of sp³-hybridized carbons (Fsp3) is 0.350. The molecule has 1 heterocycles. The first kappa shape index (κ1) is 20.8. The Hall–Kier alpha value is -2.94. The lowest BCUT2D eigenvalue weighted by molar-refractivity contribution is -0.128. The molecule has 9 heteroatoms. The van der Waals surface area contributed by atoms with Gasteiger partial charge in [0.05, 0.1) is 11.9 Å². The number of ether oxygens (including phenoxy) is 3. The summed E-state index contributed by atoms with van der Waals surface area (Å²) < 4.78 is 40.8. The van der Waals surface area contributed by atoms with E-state index in [0.29, 0.717) is 35.9 Å². The monoisotopic (exact) mass is 420 g/mol. The van der Waals surface area contributed by atoms with E-state index in [4.69, 9.17) is 14.2 Å². The highest BCUT2D eigenvalue weighted by Gasteiger charge is 2.19. The lowest BCUT2D eigenvalue weighted by Crippen LogP contribution is -2.37. The summed E-state index contributed by atoms with van der Waals surface area (Å²) in [7, 11) is -1.86. The average molecular weight is 420 g/mol. The molecule has 1 atom stereocenters. The van der Waals surface area contributed by atoms with Crippen LogP contribution in [0.5, 0.6) is 17.2 Å². The lowest BCUT2D eigenvalue weighted by Gasteiger charge is -2.19. The number of nitrogens with one attached hydrogen (secondary N) is 1. The summed E-state index contributed by atoms with van der Waals surface area (Å²) in [5.74, 6) is 1.61. The van der Waals surface area contributed by atoms with Crippen molar-refractivity contribution in [3.8, 4) is 17.2 Å². The summed E-state index contributed by atoms with van der Waals surface area (Å²) in [5.41, 5.74) is 1.41. The van der Waals surface area contributed by atoms with Crippen molar-refractivity contribution in [2.75, 3.05) is 24.4 Å². The molecule has 3 rings (SSSR count). The summed E-state index contributed by atoms with van der Waals surface area (Å²) in [6.07, 6.45) is 0.954. The smallest absolute Gasteiger partial charge is 0.261 e. The number of nitrogens with zero attached hydrogens (tertiary/aromatic N) is 1. The predicted octanol–water partition coefficient (Wildman–Crippen LogP) is 2.28. The molecule has 2 aromatic carbocycles. The molecule has 156 valence electrons. The number of anilines is 1. The van der Waals surface area contributed by atoms with E-state index in [0.717, 1.165) is 11.8 Å². The molecule has 0 spiro atoms. The van der Waals surface area contributed by atoms with E-state index in [9.17, 15) is 13.2 Å². The predicted molar refractivity (Wildman–Crippen MR) is 109 cm³/mol. The van der Waals surface area contributed by atoms with Crippen LogP contribution >= 0.6 is 0 Å². The third-order valence-electron chi connectivity index (χ3n) is 4.54. The van der Waals surface area contributed by atoms with Crippen LogP contribution < -0.4 is 23.8 Å². The van der Waals surface area contributed by atoms with Crippen LogP contribution in [0.25, 0.3) is 0 Å². The second-order valence-electron chi connectivity index (χ2n) is 6.64. The molecular weight excluding hydrogens is 396 g/mol. The van der Waals surface area contributed by atoms with Crippen molar-refractivity contribution in [3.63, 3.8) is 0 Å². The van der Waals surface area contributed by atoms with Crippen molar-refractivity contribution in [1.82, 2.24) is 5.32 Å². The minimum absolute atomic E-state index is 0.204. The second kappa shape index (κ2) is 8.60. The Balaban J connectivity index is 1.58. The largest absolute Gasteiger partial charge is 0.481 e. The molecule has 0 saturated carbocycles. The number of sulfonamides is 1. The standard InChI is InChI=1S/C20H24N2O6S/c1-4-17(28-16-8-6-15(7-9-16)22(2)29(3,24)25)20(23)21-12-14-5-10-18-19(11-14)27-13-26-18/h5-11,17H,4,12-13H2,1-3H3,(H,21,23)/t17-/m1/s1. The van der Waals surface area contributed by atoms with Gasteiger partial charge in [-0.2, -0.15) is 0 Å². The fourth-order valence-electron chi connectivity index (χ4n) is 2.77. The Morgan fingerprint density at radius 2 is 1.86 bits per heavy atom. The first-order valence-corrected chi connectivity index (χ1v) is 11.0. The van der Waals surface area contributed by atoms with Gasteiger partial charge in [0.1, 0.15) is 5.75 Å². The van der Waals surface area contributed by atoms with Gasteiger partial charge in [-0.05, 0) is 48.4 Å². The van der Waals surface area contributed by atoms with E-state index >= 15 is 0 Å². The molecule has 1 aliphatic rings. The fourth-order valence-corrected chi connectivity index (χ4v) is 3.27. The van der Waals surface area contributed by atoms with Crippen LogP contribution in [0.1, 0.15) is 18.9 Å². The third-order valence-corrected chi connectivity index (χ3v) is 5.75. The summed E-state index contributed by atoms with van der Waals surface area (Å²) >= 11 is 0. The van der Waals surface area contributed by atoms with Crippen molar-refractivity contribution < 1.29 is 27.4 Å². The lowest BCUT2D eigenvalue weighted by atomic mass is 10.2. The zero-order chi connectivity index (χ0) is 21.0. The molecule has 2 aromatic rings. The number of rotatable bonds is 8. The van der Waals surface area contributed by atoms with Gasteiger partial charge in [0, 0.05) is 13.6 Å². The minimum Gasteiger partial charge on any atom is -0.481 e. The molecule has 0 unspecified atom stereocenters. The number of hydrogen-bond acceptors (Lipinski definition) is 6. The number of hydrogen-bond donors (Lipinski definition) is 1. The maximum absolute atomic E-state index is 12.5. The van der Waals surface area contributed by atoms with E-state index in [1.54, 1.807) is 24.3 Å². The Bertz CT molecular complexity index is 975. The van der Waals surface area contributed by atoms with Crippen molar-refractivity contribution >= 4 is 21.6 Å². The van der Waals surface area contributed by atoms with Crippen LogP contribution in [0.3, 0.4) is 0 Å². The summed E-state index contributed by atoms with van der Waals surface area (Å²) in [6, 6.07) is 12.1. The molecule has 1 N–H and O–H groups in total. The van der Waals surface area contributed by atoms with Crippen LogP contribution in [0.2, 0.25) is 0 Å². The number of amides is 1. The zero-order valence-corrected chi connectivity index (χ0v) is 17.4. The third kappa shape index (κ3) is 5.11. The maximum Gasteiger partial charge on any atom is 0.261 e. The number of fused-ring (bicyclic) bond motifs is 1. The van der Waals surface area contributed by atoms with Gasteiger partial charge in [0.15, 0.2) is 17.6 Å². The summed E-state index contributed by atoms with van der Waals surface area (Å²) in [5, 5.41) is 2.86. The van der Waals surface area contributed by atoms with Crippen molar-refractivity contribution in [2.24, 2.45) is 0 Å². The molecule has 29 heavy (non-hydrogen) atoms. The average Bonchev–Trinajstić information content (AvgIpc) is 3.17. The normalized spacial score (nSPS) is 13.6. The van der Waals surface area contributed by atoms with Gasteiger partial charge in [0.25, 0.3) is 5.91 Å². The number of benzene rings is 2. The molecule has 0 bridgehead atoms. The molecule has 0 radical (unpaired) electrons. The van der Waals surface area contributed by atoms with Crippen LogP contribution in [-0.2, 0) is 21.4 Å². The first-order chi connectivity index (χ1) is 13.8. The van der Waals surface area contributed by atoms with Crippen LogP contribution in [0.15, 0.2) is 42.5 Å². The van der Waals surface area contributed by atoms with Gasteiger partial charge in [0.2, 0.25) is 16.8 Å². The van der Waals surface area contributed by atoms with Crippen LogP contribution in [0.4, 0.5) is 5.69 Å². The van der Waals surface area contributed by atoms with Crippen molar-refractivity contribution in [2.45, 2.75) is 26.0 Å². The van der Waals surface area contributed by atoms with E-state index in [1.165, 1.54) is 11.4 Å². The Morgan fingerprint density at radius 3 is 2.52 bits per heavy atom. The maximum atomic E-state index is 12.5. The highest BCUT2D eigenvalue weighted by Crippen LogP contribution is 2.32. The first-order valence-electron chi connectivity index (χ1n) is 9.15. The molecular formula is C20H24N2O6S. The van der Waals surface area contributed by atoms with Gasteiger partial charge in [-0.3, -0.25) is 9.10 Å². The highest BCUT2D eigenvalue weighted by molar-refractivity contribution is 7.92. The van der Waals surface area contributed by atoms with E-state index in [-0.39, 0.29) is 12.7 Å². The zero-order valence-electron chi connectivity index (χ0n) is 16.5. The van der Waals surface area contributed by atoms with Gasteiger partial charge in [-0.1, -0.05) is 13.0 Å².